The first-order chi connectivity index (χ1) is 17.0. The van der Waals surface area contributed by atoms with Gasteiger partial charge in [-0.2, -0.15) is 4.98 Å². The molecule has 182 valence electrons. The summed E-state index contributed by atoms with van der Waals surface area (Å²) in [7, 11) is 0. The highest BCUT2D eigenvalue weighted by atomic mass is 32.2. The Bertz CT molecular complexity index is 1290. The highest BCUT2D eigenvalue weighted by molar-refractivity contribution is 7.98. The zero-order valence-electron chi connectivity index (χ0n) is 19.4. The smallest absolute Gasteiger partial charge is 0.270 e. The molecule has 4 heterocycles. The quantitative estimate of drug-likeness (QED) is 0.193. The van der Waals surface area contributed by atoms with Crippen LogP contribution in [0.2, 0.25) is 0 Å². The summed E-state index contributed by atoms with van der Waals surface area (Å²) in [5.41, 5.74) is 0.499. The van der Waals surface area contributed by atoms with Gasteiger partial charge in [-0.05, 0) is 30.4 Å². The second kappa shape index (κ2) is 9.90. The summed E-state index contributed by atoms with van der Waals surface area (Å²) in [4.78, 5) is 17.3. The number of furan rings is 1. The monoisotopic (exact) mass is 495 g/mol. The number of nitro benzene ring substituents is 1. The largest absolute Gasteiger partial charge is 0.467 e. The van der Waals surface area contributed by atoms with Crippen LogP contribution in [-0.4, -0.2) is 42.9 Å². The molecule has 4 aromatic rings. The molecule has 1 aromatic carbocycles. The number of hydrogen-bond donors (Lipinski definition) is 0. The van der Waals surface area contributed by atoms with Gasteiger partial charge < -0.3 is 13.8 Å². The Labute approximate surface area is 205 Å². The van der Waals surface area contributed by atoms with E-state index >= 15 is 0 Å². The van der Waals surface area contributed by atoms with Crippen LogP contribution in [0, 0.1) is 22.0 Å². The molecule has 2 unspecified atom stereocenters. The number of aromatic nitrogens is 5. The number of non-ortho nitro benzene ring substituents is 1. The molecule has 2 atom stereocenters. The van der Waals surface area contributed by atoms with E-state index < -0.39 is 4.92 Å². The molecule has 1 aliphatic heterocycles. The van der Waals surface area contributed by atoms with Gasteiger partial charge in [0.25, 0.3) is 5.69 Å². The van der Waals surface area contributed by atoms with Crippen LogP contribution in [-0.2, 0) is 12.3 Å². The number of thioether (sulfide) groups is 1. The van der Waals surface area contributed by atoms with Crippen LogP contribution >= 0.6 is 11.8 Å². The van der Waals surface area contributed by atoms with Crippen LogP contribution in [0.25, 0.3) is 11.4 Å². The molecule has 1 aliphatic rings. The summed E-state index contributed by atoms with van der Waals surface area (Å²) in [6, 6.07) is 9.96. The first kappa shape index (κ1) is 23.1. The molecule has 1 saturated heterocycles. The minimum Gasteiger partial charge on any atom is -0.467 e. The molecule has 0 radical (unpaired) electrons. The van der Waals surface area contributed by atoms with Gasteiger partial charge in [-0.1, -0.05) is 42.9 Å². The molecular formula is C23H25N7O4S. The Balaban J connectivity index is 1.35. The Morgan fingerprint density at radius 1 is 1.17 bits per heavy atom. The van der Waals surface area contributed by atoms with Crippen LogP contribution in [0.1, 0.15) is 31.9 Å². The molecule has 3 aromatic heterocycles. The van der Waals surface area contributed by atoms with E-state index in [4.69, 9.17) is 8.94 Å². The minimum atomic E-state index is -0.451. The molecule has 0 aliphatic carbocycles. The number of hydrogen-bond acceptors (Lipinski definition) is 10. The van der Waals surface area contributed by atoms with Crippen molar-refractivity contribution >= 4 is 23.4 Å². The number of benzene rings is 1. The van der Waals surface area contributed by atoms with Crippen molar-refractivity contribution in [3.05, 3.63) is 64.4 Å². The number of piperidine rings is 1. The van der Waals surface area contributed by atoms with Gasteiger partial charge in [0.15, 0.2) is 5.16 Å². The van der Waals surface area contributed by atoms with Crippen LogP contribution in [0.5, 0.6) is 0 Å². The van der Waals surface area contributed by atoms with E-state index in [1.165, 1.54) is 30.3 Å². The van der Waals surface area contributed by atoms with Crippen LogP contribution < -0.4 is 4.90 Å². The first-order valence-electron chi connectivity index (χ1n) is 11.4. The Kier molecular flexibility index (Phi) is 6.53. The second-order valence-corrected chi connectivity index (χ2v) is 9.85. The van der Waals surface area contributed by atoms with E-state index in [1.54, 1.807) is 18.4 Å². The fraction of sp³-hybridized carbons (Fsp3) is 0.391. The number of rotatable bonds is 8. The maximum Gasteiger partial charge on any atom is 0.270 e. The maximum absolute atomic E-state index is 11.1. The van der Waals surface area contributed by atoms with Gasteiger partial charge in [0.2, 0.25) is 17.7 Å². The van der Waals surface area contributed by atoms with Crippen LogP contribution in [0.4, 0.5) is 11.6 Å². The lowest BCUT2D eigenvalue weighted by Gasteiger charge is -2.35. The molecule has 11 nitrogen and oxygen atoms in total. The van der Waals surface area contributed by atoms with Crippen molar-refractivity contribution in [2.75, 3.05) is 18.0 Å². The predicted molar refractivity (Wildman–Crippen MR) is 129 cm³/mol. The van der Waals surface area contributed by atoms with E-state index in [1.807, 2.05) is 12.1 Å². The molecule has 0 spiro atoms. The summed E-state index contributed by atoms with van der Waals surface area (Å²) in [6.07, 6.45) is 2.86. The van der Waals surface area contributed by atoms with Gasteiger partial charge >= 0.3 is 0 Å². The van der Waals surface area contributed by atoms with Crippen molar-refractivity contribution in [1.29, 1.82) is 0 Å². The lowest BCUT2D eigenvalue weighted by Crippen LogP contribution is -2.40. The first-order valence-corrected chi connectivity index (χ1v) is 12.4. The zero-order valence-corrected chi connectivity index (χ0v) is 20.2. The molecule has 0 bridgehead atoms. The summed E-state index contributed by atoms with van der Waals surface area (Å²) in [5.74, 6) is 3.87. The van der Waals surface area contributed by atoms with E-state index in [0.717, 1.165) is 30.0 Å². The Morgan fingerprint density at radius 3 is 2.74 bits per heavy atom. The topological polar surface area (TPSA) is 129 Å². The third-order valence-corrected chi connectivity index (χ3v) is 6.80. The maximum atomic E-state index is 11.1. The standard InChI is InChI=1S/C23H25N7O4S/c1-15-9-16(2)12-28(11-15)22-25-26-23(29(22)13-19-7-4-8-33-19)35-14-20-24-21(27-34-20)17-5-3-6-18(10-17)30(31)32/h3-8,10,15-16H,9,11-14H2,1-2H3. The van der Waals surface area contributed by atoms with Gasteiger partial charge in [-0.25, -0.2) is 0 Å². The van der Waals surface area contributed by atoms with Gasteiger partial charge in [0.1, 0.15) is 5.76 Å². The van der Waals surface area contributed by atoms with Gasteiger partial charge in [0, 0.05) is 30.8 Å². The SMILES string of the molecule is CC1CC(C)CN(c2nnc(SCc3nc(-c4cccc([N+](=O)[O-])c4)no3)n2Cc2ccco2)C1. The molecule has 0 N–H and O–H groups in total. The Hall–Kier alpha value is -3.67. The zero-order chi connectivity index (χ0) is 24.4. The lowest BCUT2D eigenvalue weighted by molar-refractivity contribution is -0.384. The average molecular weight is 496 g/mol. The van der Waals surface area contributed by atoms with Gasteiger partial charge in [-0.3, -0.25) is 14.7 Å². The fourth-order valence-corrected chi connectivity index (χ4v) is 5.23. The number of nitrogens with zero attached hydrogens (tertiary/aromatic N) is 7. The summed E-state index contributed by atoms with van der Waals surface area (Å²) in [5, 5.41) is 24.8. The van der Waals surface area contributed by atoms with Crippen molar-refractivity contribution in [3.8, 4) is 11.4 Å². The van der Waals surface area contributed by atoms with E-state index in [-0.39, 0.29) is 5.69 Å². The van der Waals surface area contributed by atoms with Crippen molar-refractivity contribution in [2.24, 2.45) is 11.8 Å². The Morgan fingerprint density at radius 2 is 2.00 bits per heavy atom. The van der Waals surface area contributed by atoms with Gasteiger partial charge in [-0.15, -0.1) is 10.2 Å². The molecular weight excluding hydrogens is 470 g/mol. The summed E-state index contributed by atoms with van der Waals surface area (Å²) < 4.78 is 13.1. The van der Waals surface area contributed by atoms with Crippen molar-refractivity contribution < 1.29 is 13.9 Å². The number of anilines is 1. The summed E-state index contributed by atoms with van der Waals surface area (Å²) in [6.45, 7) is 6.91. The summed E-state index contributed by atoms with van der Waals surface area (Å²) >= 11 is 1.44. The molecule has 12 heteroatoms. The third-order valence-electron chi connectivity index (χ3n) is 5.85. The van der Waals surface area contributed by atoms with E-state index in [2.05, 4.69) is 43.7 Å². The lowest BCUT2D eigenvalue weighted by atomic mass is 9.92. The van der Waals surface area contributed by atoms with Crippen molar-refractivity contribution in [2.45, 2.75) is 37.7 Å². The van der Waals surface area contributed by atoms with E-state index in [9.17, 15) is 10.1 Å². The second-order valence-electron chi connectivity index (χ2n) is 8.91. The molecule has 1 fully saturated rings. The predicted octanol–water partition coefficient (Wildman–Crippen LogP) is 4.65. The average Bonchev–Trinajstić information content (AvgIpc) is 3.59. The minimum absolute atomic E-state index is 0.0249. The van der Waals surface area contributed by atoms with Crippen LogP contribution in [0.3, 0.4) is 0 Å². The van der Waals surface area contributed by atoms with Crippen molar-refractivity contribution in [1.82, 2.24) is 24.9 Å². The van der Waals surface area contributed by atoms with Crippen LogP contribution in [0.15, 0.2) is 56.8 Å². The molecule has 35 heavy (non-hydrogen) atoms. The number of nitro groups is 1. The highest BCUT2D eigenvalue weighted by Gasteiger charge is 2.27. The molecule has 5 rings (SSSR count). The fourth-order valence-electron chi connectivity index (χ4n) is 4.46. The molecule has 0 saturated carbocycles. The molecule has 0 amide bonds. The highest BCUT2D eigenvalue weighted by Crippen LogP contribution is 2.30. The normalized spacial score (nSPS) is 18.2. The van der Waals surface area contributed by atoms with Gasteiger partial charge in [0.05, 0.1) is 23.5 Å². The third kappa shape index (κ3) is 5.21. The van der Waals surface area contributed by atoms with Crippen molar-refractivity contribution in [3.63, 3.8) is 0 Å². The van der Waals surface area contributed by atoms with E-state index in [0.29, 0.717) is 41.4 Å².